The van der Waals surface area contributed by atoms with Crippen LogP contribution in [-0.4, -0.2) is 16.7 Å². The predicted molar refractivity (Wildman–Crippen MR) is 75.6 cm³/mol. The second kappa shape index (κ2) is 6.69. The molecule has 0 saturated carbocycles. The van der Waals surface area contributed by atoms with Crippen LogP contribution in [0, 0.1) is 22.7 Å². The Morgan fingerprint density at radius 1 is 1.39 bits per heavy atom. The summed E-state index contributed by atoms with van der Waals surface area (Å²) >= 11 is 1.63. The van der Waals surface area contributed by atoms with Gasteiger partial charge in [0.25, 0.3) is 0 Å². The molecule has 0 unspecified atom stereocenters. The molecular weight excluding hydrogens is 244 g/mol. The van der Waals surface area contributed by atoms with Crippen molar-refractivity contribution in [1.29, 1.82) is 5.26 Å². The summed E-state index contributed by atoms with van der Waals surface area (Å²) in [6.45, 7) is 9.50. The van der Waals surface area contributed by atoms with E-state index >= 15 is 0 Å². The van der Waals surface area contributed by atoms with Crippen molar-refractivity contribution in [3.8, 4) is 6.07 Å². The van der Waals surface area contributed by atoms with Gasteiger partial charge in [0.1, 0.15) is 5.01 Å². The molecule has 0 spiro atoms. The highest BCUT2D eigenvalue weighted by molar-refractivity contribution is 7.15. The van der Waals surface area contributed by atoms with Crippen LogP contribution < -0.4 is 5.32 Å². The van der Waals surface area contributed by atoms with Crippen molar-refractivity contribution in [2.45, 2.75) is 47.0 Å². The molecule has 0 atom stereocenters. The fourth-order valence-corrected chi connectivity index (χ4v) is 2.50. The lowest BCUT2D eigenvalue weighted by Crippen LogP contribution is -2.22. The molecule has 1 aromatic heterocycles. The van der Waals surface area contributed by atoms with Crippen LogP contribution in [0.2, 0.25) is 0 Å². The number of rotatable bonds is 7. The lowest BCUT2D eigenvalue weighted by molar-refractivity contribution is 0.363. The minimum atomic E-state index is 0.111. The summed E-state index contributed by atoms with van der Waals surface area (Å²) in [5.41, 5.74) is 0.111. The minimum absolute atomic E-state index is 0.111. The molecule has 0 aliphatic carbocycles. The summed E-state index contributed by atoms with van der Waals surface area (Å²) < 4.78 is 0. The Hall–Kier alpha value is -1.15. The number of nitriles is 1. The Morgan fingerprint density at radius 2 is 2.11 bits per heavy atom. The summed E-state index contributed by atoms with van der Waals surface area (Å²) in [5, 5.41) is 22.2. The maximum Gasteiger partial charge on any atom is 0.205 e. The largest absolute Gasteiger partial charge is 0.360 e. The monoisotopic (exact) mass is 266 g/mol. The van der Waals surface area contributed by atoms with E-state index in [1.54, 1.807) is 11.3 Å². The first-order valence-electron chi connectivity index (χ1n) is 6.36. The van der Waals surface area contributed by atoms with E-state index in [1.165, 1.54) is 0 Å². The predicted octanol–water partition coefficient (Wildman–Crippen LogP) is 3.48. The van der Waals surface area contributed by atoms with E-state index in [9.17, 15) is 0 Å². The van der Waals surface area contributed by atoms with Gasteiger partial charge in [-0.1, -0.05) is 39.0 Å². The highest BCUT2D eigenvalue weighted by Crippen LogP contribution is 2.24. The Kier molecular flexibility index (Phi) is 5.54. The van der Waals surface area contributed by atoms with Gasteiger partial charge in [-0.2, -0.15) is 5.26 Å². The number of anilines is 1. The average Bonchev–Trinajstić information content (AvgIpc) is 2.71. The summed E-state index contributed by atoms with van der Waals surface area (Å²) in [5.74, 6) is 0.609. The number of hydrogen-bond acceptors (Lipinski definition) is 5. The highest BCUT2D eigenvalue weighted by Gasteiger charge is 2.18. The van der Waals surface area contributed by atoms with E-state index in [2.05, 4.69) is 49.3 Å². The first kappa shape index (κ1) is 14.9. The second-order valence-corrected chi connectivity index (χ2v) is 6.84. The number of aromatic nitrogens is 2. The molecule has 1 rings (SSSR count). The first-order valence-corrected chi connectivity index (χ1v) is 7.18. The van der Waals surface area contributed by atoms with E-state index < -0.39 is 0 Å². The Balaban J connectivity index is 2.43. The molecule has 100 valence electrons. The molecule has 0 radical (unpaired) electrons. The standard InChI is InChI=1S/C13H22N4S/c1-10(2)8-11-16-17-12(18-11)15-9-13(3,4)6-5-7-14/h10H,5-6,8-9H2,1-4H3,(H,15,17). The summed E-state index contributed by atoms with van der Waals surface area (Å²) in [6.07, 6.45) is 2.48. The van der Waals surface area contributed by atoms with Gasteiger partial charge in [0.2, 0.25) is 5.13 Å². The fraction of sp³-hybridized carbons (Fsp3) is 0.769. The van der Waals surface area contributed by atoms with Crippen LogP contribution in [0.3, 0.4) is 0 Å². The SMILES string of the molecule is CC(C)Cc1nnc(NCC(C)(C)CCC#N)s1. The number of nitrogens with zero attached hydrogens (tertiary/aromatic N) is 3. The molecule has 1 N–H and O–H groups in total. The Bertz CT molecular complexity index is 403. The smallest absolute Gasteiger partial charge is 0.205 e. The van der Waals surface area contributed by atoms with E-state index in [1.807, 2.05) is 0 Å². The molecule has 18 heavy (non-hydrogen) atoms. The third-order valence-electron chi connectivity index (χ3n) is 2.68. The molecule has 1 heterocycles. The molecule has 5 heteroatoms. The summed E-state index contributed by atoms with van der Waals surface area (Å²) in [7, 11) is 0. The van der Waals surface area contributed by atoms with E-state index in [4.69, 9.17) is 5.26 Å². The lowest BCUT2D eigenvalue weighted by atomic mass is 9.88. The zero-order valence-electron chi connectivity index (χ0n) is 11.7. The van der Waals surface area contributed by atoms with Gasteiger partial charge in [-0.15, -0.1) is 10.2 Å². The second-order valence-electron chi connectivity index (χ2n) is 5.77. The van der Waals surface area contributed by atoms with E-state index in [0.29, 0.717) is 12.3 Å². The summed E-state index contributed by atoms with van der Waals surface area (Å²) in [4.78, 5) is 0. The van der Waals surface area contributed by atoms with Crippen LogP contribution in [0.4, 0.5) is 5.13 Å². The molecule has 0 aliphatic heterocycles. The van der Waals surface area contributed by atoms with E-state index in [0.717, 1.165) is 29.5 Å². The number of hydrogen-bond donors (Lipinski definition) is 1. The molecule has 4 nitrogen and oxygen atoms in total. The maximum absolute atomic E-state index is 8.61. The molecule has 0 aliphatic rings. The van der Waals surface area contributed by atoms with Crippen molar-refractivity contribution in [1.82, 2.24) is 10.2 Å². The summed E-state index contributed by atoms with van der Waals surface area (Å²) in [6, 6.07) is 2.19. The van der Waals surface area contributed by atoms with Gasteiger partial charge < -0.3 is 5.32 Å². The van der Waals surface area contributed by atoms with Crippen molar-refractivity contribution < 1.29 is 0 Å². The van der Waals surface area contributed by atoms with Crippen LogP contribution in [0.5, 0.6) is 0 Å². The topological polar surface area (TPSA) is 61.6 Å². The molecule has 0 fully saturated rings. The first-order chi connectivity index (χ1) is 8.43. The normalized spacial score (nSPS) is 11.6. The maximum atomic E-state index is 8.61. The van der Waals surface area contributed by atoms with Crippen molar-refractivity contribution >= 4 is 16.5 Å². The van der Waals surface area contributed by atoms with Gasteiger partial charge in [-0.05, 0) is 17.8 Å². The van der Waals surface area contributed by atoms with Gasteiger partial charge in [-0.3, -0.25) is 0 Å². The average molecular weight is 266 g/mol. The Labute approximate surface area is 113 Å². The molecule has 0 amide bonds. The van der Waals surface area contributed by atoms with Gasteiger partial charge >= 0.3 is 0 Å². The minimum Gasteiger partial charge on any atom is -0.360 e. The van der Waals surface area contributed by atoms with Crippen LogP contribution in [0.15, 0.2) is 0 Å². The van der Waals surface area contributed by atoms with Crippen LogP contribution in [0.1, 0.15) is 45.5 Å². The van der Waals surface area contributed by atoms with Crippen molar-refractivity contribution in [3.63, 3.8) is 0 Å². The van der Waals surface area contributed by atoms with Gasteiger partial charge in [-0.25, -0.2) is 0 Å². The van der Waals surface area contributed by atoms with Gasteiger partial charge in [0, 0.05) is 19.4 Å². The van der Waals surface area contributed by atoms with Crippen molar-refractivity contribution in [2.75, 3.05) is 11.9 Å². The van der Waals surface area contributed by atoms with Crippen LogP contribution >= 0.6 is 11.3 Å². The van der Waals surface area contributed by atoms with Gasteiger partial charge in [0.15, 0.2) is 0 Å². The van der Waals surface area contributed by atoms with Crippen molar-refractivity contribution in [2.24, 2.45) is 11.3 Å². The fourth-order valence-electron chi connectivity index (χ4n) is 1.55. The van der Waals surface area contributed by atoms with Crippen LogP contribution in [0.25, 0.3) is 0 Å². The molecular formula is C13H22N4S. The zero-order chi connectivity index (χ0) is 13.6. The molecule has 0 bridgehead atoms. The molecule has 0 aromatic carbocycles. The third-order valence-corrected chi connectivity index (χ3v) is 3.58. The van der Waals surface area contributed by atoms with Crippen LogP contribution in [-0.2, 0) is 6.42 Å². The van der Waals surface area contributed by atoms with Crippen molar-refractivity contribution in [3.05, 3.63) is 5.01 Å². The third kappa shape index (κ3) is 5.46. The van der Waals surface area contributed by atoms with Gasteiger partial charge in [0.05, 0.1) is 6.07 Å². The lowest BCUT2D eigenvalue weighted by Gasteiger charge is -2.23. The molecule has 1 aromatic rings. The highest BCUT2D eigenvalue weighted by atomic mass is 32.1. The molecule has 0 saturated heterocycles. The quantitative estimate of drug-likeness (QED) is 0.820. The zero-order valence-corrected chi connectivity index (χ0v) is 12.5. The van der Waals surface area contributed by atoms with E-state index in [-0.39, 0.29) is 5.41 Å². The Morgan fingerprint density at radius 3 is 2.72 bits per heavy atom. The number of nitrogens with one attached hydrogen (secondary N) is 1.